The molecule has 0 aromatic heterocycles. The van der Waals surface area contributed by atoms with Gasteiger partial charge in [-0.2, -0.15) is 0 Å². The van der Waals surface area contributed by atoms with E-state index >= 15 is 0 Å². The van der Waals surface area contributed by atoms with Crippen LogP contribution in [0, 0.1) is 19.8 Å². The van der Waals surface area contributed by atoms with E-state index < -0.39 is 12.2 Å². The number of para-hydroxylation sites is 2. The molecule has 0 radical (unpaired) electrons. The fourth-order valence-electron chi connectivity index (χ4n) is 4.97. The molecule has 4 N–H and O–H groups in total. The highest BCUT2D eigenvalue weighted by Crippen LogP contribution is 2.37. The molecule has 2 atom stereocenters. The second-order valence-electron chi connectivity index (χ2n) is 11.3. The highest BCUT2D eigenvalue weighted by atomic mass is 16.5. The van der Waals surface area contributed by atoms with Crippen molar-refractivity contribution in [1.29, 1.82) is 0 Å². The summed E-state index contributed by atoms with van der Waals surface area (Å²) in [6.07, 6.45) is 3.16. The van der Waals surface area contributed by atoms with E-state index in [1.807, 2.05) is 62.4 Å². The fraction of sp³-hybridized carbons (Fsp3) is 0.600. The molecule has 0 bridgehead atoms. The minimum atomic E-state index is -0.567. The molecule has 0 heterocycles. The summed E-state index contributed by atoms with van der Waals surface area (Å²) in [5, 5.41) is 28.1. The van der Waals surface area contributed by atoms with Crippen LogP contribution < -0.4 is 20.1 Å². The van der Waals surface area contributed by atoms with Gasteiger partial charge >= 0.3 is 0 Å². The lowest BCUT2D eigenvalue weighted by molar-refractivity contribution is 0.0720. The molecule has 1 aliphatic rings. The third-order valence-corrected chi connectivity index (χ3v) is 7.72. The van der Waals surface area contributed by atoms with Gasteiger partial charge in [0.25, 0.3) is 0 Å². The van der Waals surface area contributed by atoms with E-state index in [4.69, 9.17) is 9.47 Å². The maximum Gasteiger partial charge on any atom is 0.122 e. The van der Waals surface area contributed by atoms with Crippen molar-refractivity contribution >= 4 is 0 Å². The molecule has 3 rings (SSSR count). The summed E-state index contributed by atoms with van der Waals surface area (Å²) in [7, 11) is 0. The number of nitrogens with one attached hydrogen (secondary N) is 2. The zero-order chi connectivity index (χ0) is 26.2. The minimum Gasteiger partial charge on any atom is -0.491 e. The van der Waals surface area contributed by atoms with Crippen molar-refractivity contribution in [3.8, 4) is 11.5 Å². The average molecular weight is 499 g/mol. The van der Waals surface area contributed by atoms with Gasteiger partial charge in [0.2, 0.25) is 0 Å². The summed E-state index contributed by atoms with van der Waals surface area (Å²) < 4.78 is 11.6. The first-order valence-corrected chi connectivity index (χ1v) is 13.3. The van der Waals surface area contributed by atoms with E-state index in [0.717, 1.165) is 48.3 Å². The Balaban J connectivity index is 1.36. The second kappa shape index (κ2) is 12.9. The van der Waals surface area contributed by atoms with E-state index in [2.05, 4.69) is 31.4 Å². The number of rotatable bonds is 13. The summed E-state index contributed by atoms with van der Waals surface area (Å²) in [4.78, 5) is 0. The zero-order valence-corrected chi connectivity index (χ0v) is 22.7. The van der Waals surface area contributed by atoms with Crippen molar-refractivity contribution in [3.05, 3.63) is 59.7 Å². The number of aliphatic hydroxyl groups is 2. The van der Waals surface area contributed by atoms with Gasteiger partial charge in [0.1, 0.15) is 36.9 Å². The molecule has 2 aromatic rings. The molecule has 200 valence electrons. The molecule has 1 saturated carbocycles. The molecule has 0 saturated heterocycles. The lowest BCUT2D eigenvalue weighted by atomic mass is 9.70. The molecule has 36 heavy (non-hydrogen) atoms. The van der Waals surface area contributed by atoms with Gasteiger partial charge < -0.3 is 30.3 Å². The van der Waals surface area contributed by atoms with E-state index in [0.29, 0.717) is 19.0 Å². The van der Waals surface area contributed by atoms with Crippen molar-refractivity contribution < 1.29 is 19.7 Å². The molecular formula is C30H46N2O4. The smallest absolute Gasteiger partial charge is 0.122 e. The molecule has 2 unspecified atom stereocenters. The molecule has 1 aliphatic carbocycles. The van der Waals surface area contributed by atoms with Crippen LogP contribution in [-0.4, -0.2) is 59.8 Å². The largest absolute Gasteiger partial charge is 0.491 e. The first-order chi connectivity index (χ1) is 17.1. The Hall–Kier alpha value is -2.12. The maximum absolute atomic E-state index is 10.5. The Morgan fingerprint density at radius 1 is 0.861 bits per heavy atom. The quantitative estimate of drug-likeness (QED) is 0.328. The monoisotopic (exact) mass is 498 g/mol. The first-order valence-electron chi connectivity index (χ1n) is 13.3. The molecule has 0 spiro atoms. The van der Waals surface area contributed by atoms with Crippen molar-refractivity contribution in [3.63, 3.8) is 0 Å². The number of hydrogen-bond acceptors (Lipinski definition) is 6. The van der Waals surface area contributed by atoms with Crippen LogP contribution in [0.1, 0.15) is 57.6 Å². The molecule has 6 nitrogen and oxygen atoms in total. The van der Waals surface area contributed by atoms with Crippen LogP contribution in [0.2, 0.25) is 0 Å². The molecule has 1 fully saturated rings. The average Bonchev–Trinajstić information content (AvgIpc) is 2.86. The van der Waals surface area contributed by atoms with Gasteiger partial charge in [-0.15, -0.1) is 0 Å². The van der Waals surface area contributed by atoms with Crippen molar-refractivity contribution in [2.45, 2.75) is 83.6 Å². The molecular weight excluding hydrogens is 452 g/mol. The SMILES string of the molecule is Cc1ccccc1OCC(O)CNC1(C)CCC(C(C)(C)NCC(O)COc2ccccc2C)CC1. The summed E-state index contributed by atoms with van der Waals surface area (Å²) in [6.45, 7) is 12.3. The molecule has 0 amide bonds. The first kappa shape index (κ1) is 28.5. The molecule has 0 aliphatic heterocycles. The van der Waals surface area contributed by atoms with Gasteiger partial charge in [0.05, 0.1) is 0 Å². The number of benzene rings is 2. The number of aryl methyl sites for hydroxylation is 2. The Morgan fingerprint density at radius 3 is 1.83 bits per heavy atom. The highest BCUT2D eigenvalue weighted by Gasteiger charge is 2.37. The topological polar surface area (TPSA) is 83.0 Å². The lowest BCUT2D eigenvalue weighted by Crippen LogP contribution is -2.54. The summed E-state index contributed by atoms with van der Waals surface area (Å²) in [6, 6.07) is 15.7. The number of aliphatic hydroxyl groups excluding tert-OH is 2. The van der Waals surface area contributed by atoms with Crippen molar-refractivity contribution in [2.24, 2.45) is 5.92 Å². The van der Waals surface area contributed by atoms with Gasteiger partial charge in [0.15, 0.2) is 0 Å². The van der Waals surface area contributed by atoms with E-state index in [-0.39, 0.29) is 24.3 Å². The van der Waals surface area contributed by atoms with Crippen molar-refractivity contribution in [2.75, 3.05) is 26.3 Å². The van der Waals surface area contributed by atoms with Crippen LogP contribution in [0.3, 0.4) is 0 Å². The number of hydrogen-bond donors (Lipinski definition) is 4. The Kier molecular flexibility index (Phi) is 10.2. The number of ether oxygens (including phenoxy) is 2. The predicted octanol–water partition coefficient (Wildman–Crippen LogP) is 4.39. The lowest BCUT2D eigenvalue weighted by Gasteiger charge is -2.45. The normalized spacial score (nSPS) is 22.1. The van der Waals surface area contributed by atoms with Crippen LogP contribution in [-0.2, 0) is 0 Å². The predicted molar refractivity (Wildman–Crippen MR) is 146 cm³/mol. The van der Waals surface area contributed by atoms with Crippen LogP contribution >= 0.6 is 0 Å². The highest BCUT2D eigenvalue weighted by molar-refractivity contribution is 5.32. The van der Waals surface area contributed by atoms with Crippen molar-refractivity contribution in [1.82, 2.24) is 10.6 Å². The Bertz CT molecular complexity index is 940. The third-order valence-electron chi connectivity index (χ3n) is 7.72. The zero-order valence-electron chi connectivity index (χ0n) is 22.7. The molecule has 2 aromatic carbocycles. The van der Waals surface area contributed by atoms with Gasteiger partial charge in [-0.1, -0.05) is 36.4 Å². The Morgan fingerprint density at radius 2 is 1.33 bits per heavy atom. The standard InChI is InChI=1S/C30H46N2O4/c1-22-10-6-8-12-27(22)35-20-25(33)18-31-29(3,4)24-14-16-30(5,17-15-24)32-19-26(34)21-36-28-13-9-7-11-23(28)2/h6-13,24-26,31-34H,14-21H2,1-5H3. The van der Waals surface area contributed by atoms with Gasteiger partial charge in [-0.3, -0.25) is 0 Å². The maximum atomic E-state index is 10.5. The second-order valence-corrected chi connectivity index (χ2v) is 11.3. The van der Waals surface area contributed by atoms with Crippen LogP contribution in [0.25, 0.3) is 0 Å². The van der Waals surface area contributed by atoms with E-state index in [1.54, 1.807) is 0 Å². The van der Waals surface area contributed by atoms with Crippen LogP contribution in [0.5, 0.6) is 11.5 Å². The fourth-order valence-corrected chi connectivity index (χ4v) is 4.97. The van der Waals surface area contributed by atoms with Gasteiger partial charge in [-0.05, 0) is 89.5 Å². The summed E-state index contributed by atoms with van der Waals surface area (Å²) in [5.74, 6) is 2.16. The minimum absolute atomic E-state index is 0.0110. The summed E-state index contributed by atoms with van der Waals surface area (Å²) in [5.41, 5.74) is 2.08. The van der Waals surface area contributed by atoms with Gasteiger partial charge in [-0.25, -0.2) is 0 Å². The Labute approximate surface area is 217 Å². The molecule has 6 heteroatoms. The van der Waals surface area contributed by atoms with Gasteiger partial charge in [0, 0.05) is 24.2 Å². The van der Waals surface area contributed by atoms with E-state index in [1.165, 1.54) is 0 Å². The number of β-amino-alcohol motifs (C(OH)–C–C–N with tert-alkyl or cyclic N) is 2. The summed E-state index contributed by atoms with van der Waals surface area (Å²) >= 11 is 0. The van der Waals surface area contributed by atoms with E-state index in [9.17, 15) is 10.2 Å². The van der Waals surface area contributed by atoms with Crippen LogP contribution in [0.4, 0.5) is 0 Å². The van der Waals surface area contributed by atoms with Crippen LogP contribution in [0.15, 0.2) is 48.5 Å². The third kappa shape index (κ3) is 8.48.